The van der Waals surface area contributed by atoms with Gasteiger partial charge in [-0.25, -0.2) is 0 Å². The molecule has 4 nitrogen and oxygen atoms in total. The van der Waals surface area contributed by atoms with Gasteiger partial charge in [0.05, 0.1) is 6.54 Å². The number of halogens is 2. The summed E-state index contributed by atoms with van der Waals surface area (Å²) in [6.45, 7) is 0.834. The van der Waals surface area contributed by atoms with E-state index in [0.717, 1.165) is 17.6 Å². The van der Waals surface area contributed by atoms with Crippen LogP contribution in [0.1, 0.15) is 12.8 Å². The van der Waals surface area contributed by atoms with E-state index in [1.54, 1.807) is 17.8 Å². The zero-order valence-electron chi connectivity index (χ0n) is 10.4. The average molecular weight is 298 g/mol. The molecule has 1 N–H and O–H groups in total. The van der Waals surface area contributed by atoms with Crippen molar-refractivity contribution < 1.29 is 18.3 Å². The lowest BCUT2D eigenvalue weighted by molar-refractivity contribution is -0.286. The number of hydrogen-bond donors (Lipinski definition) is 1. The molecule has 1 saturated carbocycles. The predicted octanol–water partition coefficient (Wildman–Crippen LogP) is 3.30. The first kappa shape index (κ1) is 12.3. The molecule has 0 amide bonds. The molecule has 106 valence electrons. The van der Waals surface area contributed by atoms with Crippen LogP contribution in [0.25, 0.3) is 0 Å². The molecule has 1 atom stereocenters. The van der Waals surface area contributed by atoms with Gasteiger partial charge in [0.1, 0.15) is 0 Å². The maximum absolute atomic E-state index is 12.9. The minimum absolute atomic E-state index is 0.0438. The Kier molecular flexibility index (Phi) is 2.60. The summed E-state index contributed by atoms with van der Waals surface area (Å²) >= 11 is 1.73. The number of thioether (sulfide) groups is 1. The number of ether oxygens (including phenoxy) is 2. The van der Waals surface area contributed by atoms with Gasteiger partial charge in [0.15, 0.2) is 16.7 Å². The van der Waals surface area contributed by atoms with Gasteiger partial charge in [-0.3, -0.25) is 4.99 Å². The van der Waals surface area contributed by atoms with E-state index in [0.29, 0.717) is 10.9 Å². The molecule has 2 aliphatic heterocycles. The summed E-state index contributed by atoms with van der Waals surface area (Å²) in [4.78, 5) is 4.44. The Balaban J connectivity index is 1.45. The fraction of sp³-hybridized carbons (Fsp3) is 0.462. The van der Waals surface area contributed by atoms with Gasteiger partial charge < -0.3 is 14.8 Å². The second kappa shape index (κ2) is 4.25. The highest BCUT2D eigenvalue weighted by atomic mass is 32.2. The summed E-state index contributed by atoms with van der Waals surface area (Å²) in [6, 6.07) is 4.65. The molecule has 4 rings (SSSR count). The van der Waals surface area contributed by atoms with Gasteiger partial charge >= 0.3 is 6.29 Å². The lowest BCUT2D eigenvalue weighted by Gasteiger charge is -2.08. The number of anilines is 1. The van der Waals surface area contributed by atoms with E-state index in [4.69, 9.17) is 0 Å². The van der Waals surface area contributed by atoms with Crippen LogP contribution in [0.4, 0.5) is 14.5 Å². The van der Waals surface area contributed by atoms with Crippen LogP contribution in [-0.2, 0) is 0 Å². The minimum Gasteiger partial charge on any atom is -0.395 e. The Bertz CT molecular complexity index is 590. The molecule has 1 aromatic rings. The molecule has 0 aromatic heterocycles. The fourth-order valence-electron chi connectivity index (χ4n) is 2.32. The van der Waals surface area contributed by atoms with Gasteiger partial charge in [0.25, 0.3) is 0 Å². The quantitative estimate of drug-likeness (QED) is 0.909. The summed E-state index contributed by atoms with van der Waals surface area (Å²) in [5.74, 6) is 0.887. The van der Waals surface area contributed by atoms with Crippen molar-refractivity contribution in [3.8, 4) is 11.5 Å². The first-order valence-electron chi connectivity index (χ1n) is 6.47. The number of benzene rings is 1. The van der Waals surface area contributed by atoms with Crippen LogP contribution in [0.3, 0.4) is 0 Å². The topological polar surface area (TPSA) is 42.8 Å². The van der Waals surface area contributed by atoms with Gasteiger partial charge in [-0.05, 0) is 30.9 Å². The van der Waals surface area contributed by atoms with E-state index >= 15 is 0 Å². The van der Waals surface area contributed by atoms with Crippen molar-refractivity contribution in [2.45, 2.75) is 24.4 Å². The van der Waals surface area contributed by atoms with Crippen LogP contribution in [0.5, 0.6) is 11.5 Å². The Morgan fingerprint density at radius 2 is 2.05 bits per heavy atom. The highest BCUT2D eigenvalue weighted by Crippen LogP contribution is 2.44. The zero-order chi connectivity index (χ0) is 13.7. The number of fused-ring (bicyclic) bond motifs is 1. The number of nitrogens with zero attached hydrogens (tertiary/aromatic N) is 1. The zero-order valence-corrected chi connectivity index (χ0v) is 11.3. The molecule has 2 heterocycles. The van der Waals surface area contributed by atoms with Crippen molar-refractivity contribution in [2.75, 3.05) is 11.9 Å². The summed E-state index contributed by atoms with van der Waals surface area (Å²) in [6.07, 6.45) is -0.989. The van der Waals surface area contributed by atoms with Crippen molar-refractivity contribution in [2.24, 2.45) is 10.9 Å². The van der Waals surface area contributed by atoms with Gasteiger partial charge in [0, 0.05) is 17.0 Å². The maximum atomic E-state index is 12.9. The van der Waals surface area contributed by atoms with Crippen molar-refractivity contribution in [1.29, 1.82) is 0 Å². The predicted molar refractivity (Wildman–Crippen MR) is 72.7 cm³/mol. The van der Waals surface area contributed by atoms with E-state index in [-0.39, 0.29) is 11.5 Å². The van der Waals surface area contributed by atoms with Crippen LogP contribution < -0.4 is 14.8 Å². The van der Waals surface area contributed by atoms with Crippen molar-refractivity contribution in [3.63, 3.8) is 0 Å². The Morgan fingerprint density at radius 3 is 2.85 bits per heavy atom. The molecule has 1 aromatic carbocycles. The number of hydrogen-bond acceptors (Lipinski definition) is 5. The van der Waals surface area contributed by atoms with Crippen LogP contribution in [0, 0.1) is 5.92 Å². The molecule has 1 fully saturated rings. The minimum atomic E-state index is -3.57. The molecular formula is C13H12F2N2O2S. The fourth-order valence-corrected chi connectivity index (χ4v) is 3.55. The summed E-state index contributed by atoms with van der Waals surface area (Å²) in [5, 5.41) is 4.55. The third-order valence-electron chi connectivity index (χ3n) is 3.48. The maximum Gasteiger partial charge on any atom is 0.586 e. The van der Waals surface area contributed by atoms with E-state index in [1.807, 2.05) is 0 Å². The molecule has 0 bridgehead atoms. The first-order chi connectivity index (χ1) is 9.59. The molecule has 3 aliphatic rings. The van der Waals surface area contributed by atoms with Crippen LogP contribution >= 0.6 is 11.8 Å². The van der Waals surface area contributed by atoms with Gasteiger partial charge in [0.2, 0.25) is 0 Å². The normalized spacial score (nSPS) is 26.5. The van der Waals surface area contributed by atoms with Gasteiger partial charge in [-0.1, -0.05) is 11.8 Å². The highest BCUT2D eigenvalue weighted by Gasteiger charge is 2.43. The Labute approximate surface area is 118 Å². The molecule has 0 saturated heterocycles. The first-order valence-corrected chi connectivity index (χ1v) is 7.35. The van der Waals surface area contributed by atoms with Gasteiger partial charge in [-0.15, -0.1) is 8.78 Å². The third kappa shape index (κ3) is 2.30. The molecule has 0 spiro atoms. The van der Waals surface area contributed by atoms with Crippen molar-refractivity contribution >= 4 is 22.6 Å². The molecular weight excluding hydrogens is 286 g/mol. The smallest absolute Gasteiger partial charge is 0.395 e. The SMILES string of the molecule is FC1(F)Oc2ccc(NC3=NCC(C4CC4)S3)cc2O1. The standard InChI is InChI=1S/C13H12F2N2O2S/c14-13(15)18-9-4-3-8(5-10(9)19-13)17-12-16-6-11(20-12)7-1-2-7/h3-5,7,11H,1-2,6H2,(H,16,17). The van der Waals surface area contributed by atoms with E-state index in [9.17, 15) is 8.78 Å². The Hall–Kier alpha value is -1.50. The molecule has 20 heavy (non-hydrogen) atoms. The van der Waals surface area contributed by atoms with E-state index in [2.05, 4.69) is 19.8 Å². The van der Waals surface area contributed by atoms with Crippen molar-refractivity contribution in [3.05, 3.63) is 18.2 Å². The average Bonchev–Trinajstić information content (AvgIpc) is 3.05. The largest absolute Gasteiger partial charge is 0.586 e. The number of alkyl halides is 2. The third-order valence-corrected chi connectivity index (χ3v) is 4.77. The second-order valence-corrected chi connectivity index (χ2v) is 6.32. The molecule has 1 aliphatic carbocycles. The summed E-state index contributed by atoms with van der Waals surface area (Å²) < 4.78 is 34.6. The van der Waals surface area contributed by atoms with Crippen LogP contribution in [-0.4, -0.2) is 23.3 Å². The van der Waals surface area contributed by atoms with Crippen LogP contribution in [0.15, 0.2) is 23.2 Å². The Morgan fingerprint density at radius 1 is 1.25 bits per heavy atom. The number of amidine groups is 1. The summed E-state index contributed by atoms with van der Waals surface area (Å²) in [5.41, 5.74) is 0.674. The summed E-state index contributed by atoms with van der Waals surface area (Å²) in [7, 11) is 0. The number of nitrogens with one attached hydrogen (secondary N) is 1. The number of aliphatic imine (C=N–C) groups is 1. The lowest BCUT2D eigenvalue weighted by Crippen LogP contribution is -2.25. The van der Waals surface area contributed by atoms with Gasteiger partial charge in [-0.2, -0.15) is 0 Å². The monoisotopic (exact) mass is 298 g/mol. The van der Waals surface area contributed by atoms with Crippen molar-refractivity contribution in [1.82, 2.24) is 0 Å². The van der Waals surface area contributed by atoms with Crippen LogP contribution in [0.2, 0.25) is 0 Å². The molecule has 7 heteroatoms. The second-order valence-electron chi connectivity index (χ2n) is 5.09. The van der Waals surface area contributed by atoms with E-state index < -0.39 is 6.29 Å². The lowest BCUT2D eigenvalue weighted by atomic mass is 10.3. The number of rotatable bonds is 2. The van der Waals surface area contributed by atoms with E-state index in [1.165, 1.54) is 25.0 Å². The highest BCUT2D eigenvalue weighted by molar-refractivity contribution is 8.15. The molecule has 1 unspecified atom stereocenters. The molecule has 0 radical (unpaired) electrons.